The maximum absolute atomic E-state index is 2.45. The van der Waals surface area contributed by atoms with Crippen LogP contribution in [0.1, 0.15) is 23.1 Å². The van der Waals surface area contributed by atoms with Crippen molar-refractivity contribution >= 4 is 11.4 Å². The molecule has 1 nitrogen and oxygen atoms in total. The second kappa shape index (κ2) is 5.42. The van der Waals surface area contributed by atoms with Crippen LogP contribution in [0.5, 0.6) is 0 Å². The number of hydrogen-bond acceptors (Lipinski definition) is 1. The van der Waals surface area contributed by atoms with Gasteiger partial charge in [0.2, 0.25) is 0 Å². The Labute approximate surface area is 139 Å². The molecule has 0 radical (unpaired) electrons. The minimum Gasteiger partial charge on any atom is -0.311 e. The minimum absolute atomic E-state index is 0.744. The van der Waals surface area contributed by atoms with Crippen LogP contribution >= 0.6 is 0 Å². The molecule has 2 aromatic carbocycles. The van der Waals surface area contributed by atoms with Crippen molar-refractivity contribution in [3.8, 4) is 0 Å². The van der Waals surface area contributed by atoms with E-state index in [1.807, 2.05) is 0 Å². The van der Waals surface area contributed by atoms with Gasteiger partial charge in [-0.15, -0.1) is 0 Å². The Morgan fingerprint density at radius 3 is 2.30 bits per heavy atom. The first kappa shape index (κ1) is 14.3. The molecule has 1 saturated carbocycles. The van der Waals surface area contributed by atoms with Gasteiger partial charge in [-0.3, -0.25) is 0 Å². The quantitative estimate of drug-likeness (QED) is 0.688. The molecular formula is C22H23N. The van der Waals surface area contributed by atoms with Gasteiger partial charge in [0.1, 0.15) is 0 Å². The molecular weight excluding hydrogens is 278 g/mol. The van der Waals surface area contributed by atoms with Crippen molar-refractivity contribution in [3.05, 3.63) is 83.1 Å². The molecule has 2 aliphatic rings. The van der Waals surface area contributed by atoms with E-state index in [2.05, 4.69) is 86.4 Å². The van der Waals surface area contributed by atoms with Crippen LogP contribution in [0.3, 0.4) is 0 Å². The van der Waals surface area contributed by atoms with Crippen molar-refractivity contribution in [3.63, 3.8) is 0 Å². The largest absolute Gasteiger partial charge is 0.311 e. The van der Waals surface area contributed by atoms with Crippen LogP contribution in [0, 0.1) is 32.6 Å². The van der Waals surface area contributed by atoms with E-state index in [4.69, 9.17) is 0 Å². The van der Waals surface area contributed by atoms with Crippen molar-refractivity contribution < 1.29 is 0 Å². The van der Waals surface area contributed by atoms with Crippen LogP contribution in [0.15, 0.2) is 66.4 Å². The van der Waals surface area contributed by atoms with Gasteiger partial charge in [-0.05, 0) is 68.9 Å². The van der Waals surface area contributed by atoms with Crippen molar-refractivity contribution in [2.75, 3.05) is 4.90 Å². The van der Waals surface area contributed by atoms with E-state index in [9.17, 15) is 0 Å². The normalized spacial score (nSPS) is 21.6. The van der Waals surface area contributed by atoms with Gasteiger partial charge >= 0.3 is 0 Å². The van der Waals surface area contributed by atoms with Gasteiger partial charge in [-0.2, -0.15) is 0 Å². The number of fused-ring (bicyclic) bond motifs is 1. The van der Waals surface area contributed by atoms with Crippen LogP contribution in [-0.4, -0.2) is 0 Å². The summed E-state index contributed by atoms with van der Waals surface area (Å²) in [5, 5.41) is 0. The van der Waals surface area contributed by atoms with Crippen LogP contribution in [-0.2, 0) is 0 Å². The number of nitrogens with zero attached hydrogens (tertiary/aromatic N) is 1. The lowest BCUT2D eigenvalue weighted by atomic mass is 10.1. The Balaban J connectivity index is 1.83. The molecule has 1 heteroatoms. The number of aryl methyl sites for hydroxylation is 3. The zero-order chi connectivity index (χ0) is 16.0. The van der Waals surface area contributed by atoms with Gasteiger partial charge in [0.25, 0.3) is 0 Å². The van der Waals surface area contributed by atoms with Crippen molar-refractivity contribution in [1.29, 1.82) is 0 Å². The van der Waals surface area contributed by atoms with Crippen molar-refractivity contribution in [2.45, 2.75) is 27.2 Å². The smallest absolute Gasteiger partial charge is 0.0490 e. The molecule has 116 valence electrons. The number of benzene rings is 2. The number of hydrogen-bond donors (Lipinski definition) is 0. The number of anilines is 2. The van der Waals surface area contributed by atoms with Gasteiger partial charge in [-0.25, -0.2) is 0 Å². The van der Waals surface area contributed by atoms with Crippen LogP contribution in [0.25, 0.3) is 0 Å². The Morgan fingerprint density at radius 1 is 0.870 bits per heavy atom. The van der Waals surface area contributed by atoms with E-state index in [0.717, 1.165) is 11.8 Å². The van der Waals surface area contributed by atoms with Gasteiger partial charge in [0.05, 0.1) is 0 Å². The Kier molecular flexibility index (Phi) is 3.37. The molecule has 0 aliphatic heterocycles. The number of allylic oxidation sites excluding steroid dienone is 3. The molecule has 0 bridgehead atoms. The van der Waals surface area contributed by atoms with E-state index < -0.39 is 0 Å². The SMILES string of the molecule is Cc1ccc(N(C2=CC3CC3C=C2)c2ccc(C)cc2C)cc1. The third-order valence-corrected chi connectivity index (χ3v) is 4.93. The molecule has 2 unspecified atom stereocenters. The first-order chi connectivity index (χ1) is 11.1. The van der Waals surface area contributed by atoms with E-state index in [1.165, 1.54) is 40.2 Å². The molecule has 4 rings (SSSR count). The van der Waals surface area contributed by atoms with E-state index in [0.29, 0.717) is 0 Å². The molecule has 1 fully saturated rings. The summed E-state index contributed by atoms with van der Waals surface area (Å²) in [6, 6.07) is 15.6. The van der Waals surface area contributed by atoms with Gasteiger partial charge in [-0.1, -0.05) is 47.5 Å². The zero-order valence-electron chi connectivity index (χ0n) is 14.1. The molecule has 0 heterocycles. The van der Waals surface area contributed by atoms with E-state index in [1.54, 1.807) is 0 Å². The molecule has 0 saturated heterocycles. The van der Waals surface area contributed by atoms with Gasteiger partial charge in [0.15, 0.2) is 0 Å². The monoisotopic (exact) mass is 301 g/mol. The first-order valence-corrected chi connectivity index (χ1v) is 8.46. The predicted octanol–water partition coefficient (Wildman–Crippen LogP) is 5.84. The third-order valence-electron chi connectivity index (χ3n) is 4.93. The fourth-order valence-corrected chi connectivity index (χ4v) is 3.47. The second-order valence-electron chi connectivity index (χ2n) is 6.97. The first-order valence-electron chi connectivity index (χ1n) is 8.46. The molecule has 0 amide bonds. The maximum atomic E-state index is 2.45. The summed E-state index contributed by atoms with van der Waals surface area (Å²) in [6.45, 7) is 6.50. The fourth-order valence-electron chi connectivity index (χ4n) is 3.47. The highest BCUT2D eigenvalue weighted by Crippen LogP contribution is 2.46. The van der Waals surface area contributed by atoms with Crippen molar-refractivity contribution in [2.24, 2.45) is 11.8 Å². The lowest BCUT2D eigenvalue weighted by Crippen LogP contribution is -2.17. The molecule has 0 aromatic heterocycles. The summed E-state index contributed by atoms with van der Waals surface area (Å²) in [7, 11) is 0. The summed E-state index contributed by atoms with van der Waals surface area (Å²) in [5.74, 6) is 1.53. The zero-order valence-corrected chi connectivity index (χ0v) is 14.1. The summed E-state index contributed by atoms with van der Waals surface area (Å²) >= 11 is 0. The highest BCUT2D eigenvalue weighted by Gasteiger charge is 2.36. The summed E-state index contributed by atoms with van der Waals surface area (Å²) < 4.78 is 0. The minimum atomic E-state index is 0.744. The van der Waals surface area contributed by atoms with Crippen LogP contribution in [0.2, 0.25) is 0 Å². The third kappa shape index (κ3) is 2.72. The van der Waals surface area contributed by atoms with Crippen LogP contribution < -0.4 is 4.90 Å². The Morgan fingerprint density at radius 2 is 1.61 bits per heavy atom. The van der Waals surface area contributed by atoms with E-state index >= 15 is 0 Å². The highest BCUT2D eigenvalue weighted by atomic mass is 15.1. The van der Waals surface area contributed by atoms with Crippen molar-refractivity contribution in [1.82, 2.24) is 0 Å². The van der Waals surface area contributed by atoms with Crippen LogP contribution in [0.4, 0.5) is 11.4 Å². The topological polar surface area (TPSA) is 3.24 Å². The molecule has 23 heavy (non-hydrogen) atoms. The molecule has 0 N–H and O–H groups in total. The second-order valence-corrected chi connectivity index (χ2v) is 6.97. The molecule has 2 aromatic rings. The fraction of sp³-hybridized carbons (Fsp3) is 0.273. The summed E-state index contributed by atoms with van der Waals surface area (Å²) in [4.78, 5) is 2.40. The molecule has 0 spiro atoms. The Bertz CT molecular complexity index is 795. The average Bonchev–Trinajstić information content (AvgIpc) is 3.30. The number of rotatable bonds is 3. The highest BCUT2D eigenvalue weighted by molar-refractivity contribution is 5.73. The summed E-state index contributed by atoms with van der Waals surface area (Å²) in [5.41, 5.74) is 7.74. The maximum Gasteiger partial charge on any atom is 0.0490 e. The van der Waals surface area contributed by atoms with Gasteiger partial charge in [0, 0.05) is 17.1 Å². The molecule has 2 aliphatic carbocycles. The lowest BCUT2D eigenvalue weighted by Gasteiger charge is -2.29. The standard InChI is InChI=1S/C22H23N/c1-15-4-8-20(9-5-15)23(21-10-7-18-13-19(18)14-21)22-11-6-16(2)12-17(22)3/h4-12,14,18-19H,13H2,1-3H3. The molecule has 2 atom stereocenters. The average molecular weight is 301 g/mol. The summed E-state index contributed by atoms with van der Waals surface area (Å²) in [6.07, 6.45) is 8.44. The lowest BCUT2D eigenvalue weighted by molar-refractivity contribution is 0.949. The predicted molar refractivity (Wildman–Crippen MR) is 98.1 cm³/mol. The van der Waals surface area contributed by atoms with E-state index in [-0.39, 0.29) is 0 Å². The Hall–Kier alpha value is -2.28. The van der Waals surface area contributed by atoms with Gasteiger partial charge < -0.3 is 4.90 Å².